The van der Waals surface area contributed by atoms with E-state index >= 15 is 0 Å². The van der Waals surface area contributed by atoms with Crippen LogP contribution in [0.1, 0.15) is 59.6 Å². The number of hydrogen-bond acceptors (Lipinski definition) is 3. The minimum atomic E-state index is -0.714. The van der Waals surface area contributed by atoms with E-state index in [-0.39, 0.29) is 30.1 Å². The maximum atomic E-state index is 13.8. The third kappa shape index (κ3) is 5.53. The summed E-state index contributed by atoms with van der Waals surface area (Å²) < 4.78 is 29.4. The molecule has 5 rings (SSSR count). The first kappa shape index (κ1) is 24.6. The number of hydrogen-bond donors (Lipinski definition) is 2. The van der Waals surface area contributed by atoms with E-state index in [9.17, 15) is 18.4 Å². The van der Waals surface area contributed by atoms with E-state index in [0.29, 0.717) is 11.6 Å². The van der Waals surface area contributed by atoms with Gasteiger partial charge in [-0.05, 0) is 78.5 Å². The van der Waals surface area contributed by atoms with Crippen LogP contribution >= 0.6 is 0 Å². The lowest BCUT2D eigenvalue weighted by molar-refractivity contribution is -0.138. The highest BCUT2D eigenvalue weighted by atomic mass is 19.1. The Balaban J connectivity index is 1.25. The van der Waals surface area contributed by atoms with Crippen LogP contribution in [0.4, 0.5) is 8.78 Å². The number of fused-ring (bicyclic) bond motifs is 1. The van der Waals surface area contributed by atoms with Crippen LogP contribution in [-0.4, -0.2) is 26.4 Å². The Kier molecular flexibility index (Phi) is 6.99. The Bertz CT molecular complexity index is 1420. The zero-order valence-corrected chi connectivity index (χ0v) is 20.2. The second-order valence-electron chi connectivity index (χ2n) is 9.63. The highest BCUT2D eigenvalue weighted by Gasteiger charge is 2.24. The third-order valence-corrected chi connectivity index (χ3v) is 7.20. The molecule has 6 nitrogen and oxygen atoms in total. The fourth-order valence-electron chi connectivity index (χ4n) is 5.13. The first-order valence-corrected chi connectivity index (χ1v) is 12.4. The maximum absolute atomic E-state index is 13.8. The van der Waals surface area contributed by atoms with Crippen LogP contribution < -0.4 is 5.32 Å². The zero-order valence-electron chi connectivity index (χ0n) is 20.2. The Morgan fingerprint density at radius 2 is 1.59 bits per heavy atom. The molecular weight excluding hydrogens is 476 g/mol. The smallest absolute Gasteiger partial charge is 0.303 e. The van der Waals surface area contributed by atoms with Crippen molar-refractivity contribution in [3.63, 3.8) is 0 Å². The Morgan fingerprint density at radius 3 is 2.27 bits per heavy atom. The molecule has 190 valence electrons. The highest BCUT2D eigenvalue weighted by Crippen LogP contribution is 2.37. The molecule has 2 aromatic carbocycles. The molecule has 8 heteroatoms. The number of aromatic nitrogens is 2. The van der Waals surface area contributed by atoms with Crippen molar-refractivity contribution < 1.29 is 23.5 Å². The molecule has 1 amide bonds. The molecule has 0 radical (unpaired) electrons. The van der Waals surface area contributed by atoms with Gasteiger partial charge >= 0.3 is 5.97 Å². The van der Waals surface area contributed by atoms with Gasteiger partial charge in [-0.1, -0.05) is 30.3 Å². The molecule has 4 aromatic rings. The van der Waals surface area contributed by atoms with Gasteiger partial charge < -0.3 is 14.8 Å². The molecule has 0 aliphatic heterocycles. The molecule has 2 aromatic heterocycles. The van der Waals surface area contributed by atoms with Gasteiger partial charge in [0.1, 0.15) is 23.0 Å². The van der Waals surface area contributed by atoms with Gasteiger partial charge in [-0.25, -0.2) is 13.8 Å². The van der Waals surface area contributed by atoms with Crippen LogP contribution in [0.25, 0.3) is 16.8 Å². The summed E-state index contributed by atoms with van der Waals surface area (Å²) >= 11 is 0. The average molecular weight is 504 g/mol. The standard InChI is InChI=1S/C29H27F2N3O3/c30-24-2-1-3-25(31)23(24)15-32-29(37)26-17-34-16-22(12-13-27(34)33-26)21-10-8-20(9-11-21)19-6-4-18(5-7-19)14-28(35)36/h1-3,8-13,16-19H,4-7,14-15H2,(H,32,37)(H,35,36)/t18-,19-. The first-order valence-electron chi connectivity index (χ1n) is 12.4. The summed E-state index contributed by atoms with van der Waals surface area (Å²) in [5.74, 6) is -1.92. The number of pyridine rings is 1. The van der Waals surface area contributed by atoms with Gasteiger partial charge in [0.05, 0.1) is 0 Å². The largest absolute Gasteiger partial charge is 0.481 e. The molecule has 2 N–H and O–H groups in total. The molecule has 1 saturated carbocycles. The third-order valence-electron chi connectivity index (χ3n) is 7.20. The van der Waals surface area contributed by atoms with Gasteiger partial charge in [-0.3, -0.25) is 9.59 Å². The molecule has 0 saturated heterocycles. The lowest BCUT2D eigenvalue weighted by Crippen LogP contribution is -2.24. The maximum Gasteiger partial charge on any atom is 0.303 e. The average Bonchev–Trinajstić information content (AvgIpc) is 3.32. The first-order chi connectivity index (χ1) is 17.9. The molecular formula is C29H27F2N3O3. The Hall–Kier alpha value is -4.07. The van der Waals surface area contributed by atoms with Crippen molar-refractivity contribution >= 4 is 17.5 Å². The van der Waals surface area contributed by atoms with Crippen LogP contribution in [0.5, 0.6) is 0 Å². The lowest BCUT2D eigenvalue weighted by atomic mass is 9.77. The molecule has 0 atom stereocenters. The minimum absolute atomic E-state index is 0.155. The van der Waals surface area contributed by atoms with Crippen molar-refractivity contribution in [2.24, 2.45) is 5.92 Å². The molecule has 0 bridgehead atoms. The number of imidazole rings is 1. The molecule has 37 heavy (non-hydrogen) atoms. The molecule has 1 aliphatic carbocycles. The topological polar surface area (TPSA) is 83.7 Å². The summed E-state index contributed by atoms with van der Waals surface area (Å²) in [6.45, 7) is -0.274. The second kappa shape index (κ2) is 10.5. The quantitative estimate of drug-likeness (QED) is 0.326. The number of rotatable bonds is 7. The Morgan fingerprint density at radius 1 is 0.919 bits per heavy atom. The van der Waals surface area contributed by atoms with Crippen LogP contribution in [0.15, 0.2) is 67.0 Å². The normalized spacial score (nSPS) is 17.6. The van der Waals surface area contributed by atoms with E-state index in [1.807, 2.05) is 18.3 Å². The van der Waals surface area contributed by atoms with Crippen molar-refractivity contribution in [3.05, 3.63) is 95.4 Å². The van der Waals surface area contributed by atoms with E-state index < -0.39 is 23.5 Å². The number of carbonyl (C=O) groups is 2. The van der Waals surface area contributed by atoms with Gasteiger partial charge in [0.2, 0.25) is 0 Å². The number of amides is 1. The number of carboxylic acid groups (broad SMARTS) is 1. The van der Waals surface area contributed by atoms with E-state index in [4.69, 9.17) is 5.11 Å². The van der Waals surface area contributed by atoms with Crippen molar-refractivity contribution in [2.75, 3.05) is 0 Å². The predicted octanol–water partition coefficient (Wildman–Crippen LogP) is 5.96. The molecule has 1 fully saturated rings. The summed E-state index contributed by atoms with van der Waals surface area (Å²) in [6, 6.07) is 15.8. The van der Waals surface area contributed by atoms with Gasteiger partial charge in [-0.2, -0.15) is 0 Å². The summed E-state index contributed by atoms with van der Waals surface area (Å²) in [7, 11) is 0. The number of nitrogens with one attached hydrogen (secondary N) is 1. The molecule has 1 aliphatic rings. The van der Waals surface area contributed by atoms with Gasteiger partial charge in [0.15, 0.2) is 0 Å². The van der Waals surface area contributed by atoms with Gasteiger partial charge in [-0.15, -0.1) is 0 Å². The number of halogens is 2. The number of benzene rings is 2. The highest BCUT2D eigenvalue weighted by molar-refractivity contribution is 5.92. The van der Waals surface area contributed by atoms with E-state index in [1.54, 1.807) is 10.6 Å². The second-order valence-corrected chi connectivity index (χ2v) is 9.63. The van der Waals surface area contributed by atoms with Crippen LogP contribution in [0.2, 0.25) is 0 Å². The lowest BCUT2D eigenvalue weighted by Gasteiger charge is -2.28. The van der Waals surface area contributed by atoms with Crippen LogP contribution in [0, 0.1) is 17.6 Å². The SMILES string of the molecule is O=C(O)C[C@H]1CC[C@H](c2ccc(-c3ccc4nc(C(=O)NCc5c(F)cccc5F)cn4c3)cc2)CC1. The number of nitrogens with zero attached hydrogens (tertiary/aromatic N) is 2. The monoisotopic (exact) mass is 503 g/mol. The van der Waals surface area contributed by atoms with Crippen molar-refractivity contribution in [2.45, 2.75) is 44.6 Å². The van der Waals surface area contributed by atoms with Crippen LogP contribution in [-0.2, 0) is 11.3 Å². The fourth-order valence-corrected chi connectivity index (χ4v) is 5.13. The summed E-state index contributed by atoms with van der Waals surface area (Å²) in [5, 5.41) is 11.5. The minimum Gasteiger partial charge on any atom is -0.481 e. The van der Waals surface area contributed by atoms with E-state index in [1.165, 1.54) is 11.6 Å². The summed E-state index contributed by atoms with van der Waals surface area (Å²) in [4.78, 5) is 27.9. The molecule has 0 spiro atoms. The van der Waals surface area contributed by atoms with Gasteiger partial charge in [0.25, 0.3) is 5.91 Å². The van der Waals surface area contributed by atoms with E-state index in [0.717, 1.165) is 48.9 Å². The van der Waals surface area contributed by atoms with Crippen molar-refractivity contribution in [1.82, 2.24) is 14.7 Å². The summed E-state index contributed by atoms with van der Waals surface area (Å²) in [6.07, 6.45) is 7.65. The Labute approximate surface area is 213 Å². The van der Waals surface area contributed by atoms with Crippen LogP contribution in [0.3, 0.4) is 0 Å². The van der Waals surface area contributed by atoms with Gasteiger partial charge in [0, 0.05) is 30.9 Å². The summed E-state index contributed by atoms with van der Waals surface area (Å²) in [5.41, 5.74) is 3.80. The number of aliphatic carboxylic acids is 1. The van der Waals surface area contributed by atoms with Crippen molar-refractivity contribution in [1.29, 1.82) is 0 Å². The molecule has 2 heterocycles. The fraction of sp³-hybridized carbons (Fsp3) is 0.276. The van der Waals surface area contributed by atoms with E-state index in [2.05, 4.69) is 34.6 Å². The number of carbonyl (C=O) groups excluding carboxylic acids is 1. The van der Waals surface area contributed by atoms with Crippen molar-refractivity contribution in [3.8, 4) is 11.1 Å². The zero-order chi connectivity index (χ0) is 25.9. The molecule has 0 unspecified atom stereocenters. The number of carboxylic acids is 1. The predicted molar refractivity (Wildman–Crippen MR) is 135 cm³/mol.